The molecule has 4 rings (SSSR count). The van der Waals surface area contributed by atoms with Gasteiger partial charge in [0.05, 0.1) is 24.6 Å². The molecule has 0 aliphatic carbocycles. The number of benzene rings is 2. The summed E-state index contributed by atoms with van der Waals surface area (Å²) >= 11 is 0. The van der Waals surface area contributed by atoms with E-state index in [1.807, 2.05) is 72.8 Å². The minimum atomic E-state index is -0.485. The Hall–Kier alpha value is -3.38. The van der Waals surface area contributed by atoms with E-state index in [-0.39, 0.29) is 0 Å². The Labute approximate surface area is 164 Å². The molecule has 1 aliphatic rings. The fourth-order valence-electron chi connectivity index (χ4n) is 3.14. The number of nitrogens with zero attached hydrogens (tertiary/aromatic N) is 3. The van der Waals surface area contributed by atoms with Crippen LogP contribution in [0.3, 0.4) is 0 Å². The van der Waals surface area contributed by atoms with Gasteiger partial charge in [0.1, 0.15) is 0 Å². The van der Waals surface area contributed by atoms with E-state index >= 15 is 0 Å². The Morgan fingerprint density at radius 3 is 1.93 bits per heavy atom. The zero-order valence-electron chi connectivity index (χ0n) is 15.5. The maximum atomic E-state index is 13.0. The summed E-state index contributed by atoms with van der Waals surface area (Å²) in [7, 11) is 0. The lowest BCUT2D eigenvalue weighted by molar-refractivity contribution is -0.867. The normalized spacial score (nSPS) is 13.8. The minimum Gasteiger partial charge on any atom is -0.378 e. The Balaban J connectivity index is 1.53. The van der Waals surface area contributed by atoms with E-state index in [2.05, 4.69) is 4.90 Å². The smallest absolute Gasteiger partial charge is 0.378 e. The lowest BCUT2D eigenvalue weighted by Crippen LogP contribution is -2.49. The van der Waals surface area contributed by atoms with Crippen molar-refractivity contribution in [3.8, 4) is 0 Å². The third-order valence-electron chi connectivity index (χ3n) is 4.56. The highest BCUT2D eigenvalue weighted by Gasteiger charge is 2.24. The van der Waals surface area contributed by atoms with Crippen LogP contribution in [-0.4, -0.2) is 32.4 Å². The van der Waals surface area contributed by atoms with Gasteiger partial charge in [0, 0.05) is 35.6 Å². The Kier molecular flexibility index (Phi) is 5.49. The zero-order valence-corrected chi connectivity index (χ0v) is 15.5. The SMILES string of the molecule is O=C(O[n+]1ccc(N2CCOCC2)cc1)N(c1ccccc1)c1ccccc1. The third-order valence-corrected chi connectivity index (χ3v) is 4.56. The third kappa shape index (κ3) is 4.13. The van der Waals surface area contributed by atoms with E-state index in [1.54, 1.807) is 17.3 Å². The molecule has 28 heavy (non-hydrogen) atoms. The Bertz CT molecular complexity index is 856. The molecule has 0 saturated carbocycles. The van der Waals surface area contributed by atoms with E-state index in [0.29, 0.717) is 0 Å². The van der Waals surface area contributed by atoms with Crippen LogP contribution in [0.4, 0.5) is 21.9 Å². The number of carbonyl (C=O) groups is 1. The van der Waals surface area contributed by atoms with Gasteiger partial charge in [-0.25, -0.2) is 9.69 Å². The molecule has 1 fully saturated rings. The molecule has 3 aromatic rings. The van der Waals surface area contributed by atoms with Gasteiger partial charge >= 0.3 is 6.09 Å². The number of para-hydroxylation sites is 2. The van der Waals surface area contributed by atoms with Crippen LogP contribution in [0.1, 0.15) is 0 Å². The van der Waals surface area contributed by atoms with Crippen molar-refractivity contribution < 1.29 is 19.1 Å². The average molecular weight is 376 g/mol. The van der Waals surface area contributed by atoms with Gasteiger partial charge in [-0.3, -0.25) is 0 Å². The predicted molar refractivity (Wildman–Crippen MR) is 107 cm³/mol. The molecule has 2 heterocycles. The van der Waals surface area contributed by atoms with E-state index < -0.39 is 6.09 Å². The molecule has 1 aromatic heterocycles. The van der Waals surface area contributed by atoms with Crippen molar-refractivity contribution in [2.24, 2.45) is 0 Å². The molecule has 2 aromatic carbocycles. The number of anilines is 3. The van der Waals surface area contributed by atoms with E-state index in [1.165, 1.54) is 4.73 Å². The molecule has 0 N–H and O–H groups in total. The summed E-state index contributed by atoms with van der Waals surface area (Å²) < 4.78 is 6.81. The van der Waals surface area contributed by atoms with Gasteiger partial charge in [-0.15, -0.1) is 0 Å². The zero-order chi connectivity index (χ0) is 19.2. The van der Waals surface area contributed by atoms with Gasteiger partial charge in [0.25, 0.3) is 0 Å². The van der Waals surface area contributed by atoms with Crippen LogP contribution in [-0.2, 0) is 4.74 Å². The summed E-state index contributed by atoms with van der Waals surface area (Å²) in [4.78, 5) is 22.3. The molecule has 0 unspecified atom stereocenters. The molecule has 6 heteroatoms. The fraction of sp³-hybridized carbons (Fsp3) is 0.182. The lowest BCUT2D eigenvalue weighted by atomic mass is 10.2. The fourth-order valence-corrected chi connectivity index (χ4v) is 3.14. The van der Waals surface area contributed by atoms with Crippen molar-refractivity contribution in [1.82, 2.24) is 0 Å². The molecule has 0 radical (unpaired) electrons. The van der Waals surface area contributed by atoms with Crippen molar-refractivity contribution >= 4 is 23.2 Å². The number of morpholine rings is 1. The van der Waals surface area contributed by atoms with Crippen LogP contribution in [0.2, 0.25) is 0 Å². The summed E-state index contributed by atoms with van der Waals surface area (Å²) in [6.45, 7) is 3.18. The second-order valence-electron chi connectivity index (χ2n) is 6.38. The first-order chi connectivity index (χ1) is 13.8. The number of aromatic nitrogens is 1. The number of hydrogen-bond donors (Lipinski definition) is 0. The molecule has 0 atom stereocenters. The number of ether oxygens (including phenoxy) is 1. The first kappa shape index (κ1) is 18.0. The highest BCUT2D eigenvalue weighted by atomic mass is 16.7. The first-order valence-corrected chi connectivity index (χ1v) is 9.28. The summed E-state index contributed by atoms with van der Waals surface area (Å²) in [5, 5.41) is 0. The quantitative estimate of drug-likeness (QED) is 0.656. The van der Waals surface area contributed by atoms with Crippen LogP contribution in [0.25, 0.3) is 0 Å². The summed E-state index contributed by atoms with van der Waals surface area (Å²) in [6.07, 6.45) is 3.01. The standard InChI is InChI=1S/C22H22N3O3/c26-22(25(20-7-3-1-4-8-20)21-9-5-2-6-10-21)28-24-13-11-19(12-14-24)23-15-17-27-18-16-23/h1-14H,15-18H2/q+1. The van der Waals surface area contributed by atoms with Gasteiger partial charge < -0.3 is 9.64 Å². The van der Waals surface area contributed by atoms with Crippen LogP contribution in [0.15, 0.2) is 85.2 Å². The van der Waals surface area contributed by atoms with E-state index in [0.717, 1.165) is 43.4 Å². The topological polar surface area (TPSA) is 45.9 Å². The summed E-state index contributed by atoms with van der Waals surface area (Å²) in [6, 6.07) is 22.8. The maximum absolute atomic E-state index is 13.0. The summed E-state index contributed by atoms with van der Waals surface area (Å²) in [5.74, 6) is 0. The van der Waals surface area contributed by atoms with Crippen molar-refractivity contribution in [3.63, 3.8) is 0 Å². The predicted octanol–water partition coefficient (Wildman–Crippen LogP) is 3.20. The van der Waals surface area contributed by atoms with Gasteiger partial charge in [0.2, 0.25) is 12.4 Å². The largest absolute Gasteiger partial charge is 0.487 e. The number of amides is 1. The molecule has 0 spiro atoms. The van der Waals surface area contributed by atoms with Gasteiger partial charge in [0.15, 0.2) is 0 Å². The monoisotopic (exact) mass is 376 g/mol. The first-order valence-electron chi connectivity index (χ1n) is 9.28. The molecule has 0 bridgehead atoms. The van der Waals surface area contributed by atoms with E-state index in [9.17, 15) is 4.79 Å². The van der Waals surface area contributed by atoms with Crippen molar-refractivity contribution in [3.05, 3.63) is 85.2 Å². The molecular weight excluding hydrogens is 354 g/mol. The highest BCUT2D eigenvalue weighted by molar-refractivity contribution is 5.95. The molecule has 6 nitrogen and oxygen atoms in total. The second-order valence-corrected chi connectivity index (χ2v) is 6.38. The Morgan fingerprint density at radius 2 is 1.39 bits per heavy atom. The van der Waals surface area contributed by atoms with Gasteiger partial charge in [-0.05, 0) is 24.3 Å². The molecule has 142 valence electrons. The van der Waals surface area contributed by atoms with Crippen LogP contribution < -0.4 is 19.4 Å². The number of rotatable bonds is 4. The summed E-state index contributed by atoms with van der Waals surface area (Å²) in [5.41, 5.74) is 2.56. The minimum absolute atomic E-state index is 0.485. The highest BCUT2D eigenvalue weighted by Crippen LogP contribution is 2.25. The average Bonchev–Trinajstić information content (AvgIpc) is 2.77. The number of carbonyl (C=O) groups excluding carboxylic acids is 1. The van der Waals surface area contributed by atoms with Crippen molar-refractivity contribution in [1.29, 1.82) is 0 Å². The van der Waals surface area contributed by atoms with Gasteiger partial charge in [-0.1, -0.05) is 36.4 Å². The number of pyridine rings is 1. The number of hydrogen-bond acceptors (Lipinski definition) is 4. The molecular formula is C22H22N3O3+. The van der Waals surface area contributed by atoms with Crippen molar-refractivity contribution in [2.45, 2.75) is 0 Å². The van der Waals surface area contributed by atoms with Crippen LogP contribution in [0.5, 0.6) is 0 Å². The van der Waals surface area contributed by atoms with Gasteiger partial charge in [-0.2, -0.15) is 4.84 Å². The molecule has 1 aliphatic heterocycles. The second kappa shape index (κ2) is 8.54. The molecule has 1 saturated heterocycles. The van der Waals surface area contributed by atoms with Crippen LogP contribution in [0, 0.1) is 0 Å². The Morgan fingerprint density at radius 1 is 0.857 bits per heavy atom. The maximum Gasteiger partial charge on any atom is 0.487 e. The van der Waals surface area contributed by atoms with E-state index in [4.69, 9.17) is 9.57 Å². The van der Waals surface area contributed by atoms with Crippen molar-refractivity contribution in [2.75, 3.05) is 36.1 Å². The van der Waals surface area contributed by atoms with Crippen LogP contribution >= 0.6 is 0 Å². The lowest BCUT2D eigenvalue weighted by Gasteiger charge is -2.28. The molecule has 1 amide bonds.